The third-order valence-corrected chi connectivity index (χ3v) is 4.48. The van der Waals surface area contributed by atoms with Crippen molar-refractivity contribution in [2.24, 2.45) is 0 Å². The molecule has 0 fully saturated rings. The van der Waals surface area contributed by atoms with Gasteiger partial charge in [0.15, 0.2) is 17.0 Å². The van der Waals surface area contributed by atoms with Gasteiger partial charge in [0, 0.05) is 12.1 Å². The van der Waals surface area contributed by atoms with Gasteiger partial charge in [0.25, 0.3) is 0 Å². The molecule has 9 nitrogen and oxygen atoms in total. The number of fused-ring (bicyclic) bond motifs is 1. The number of hydrogen-bond acceptors (Lipinski definition) is 7. The fraction of sp³-hybridized carbons (Fsp3) is 0.211. The maximum Gasteiger partial charge on any atom is 0.335 e. The maximum atomic E-state index is 11.2. The molecule has 0 aliphatic heterocycles. The fourth-order valence-electron chi connectivity index (χ4n) is 3.01. The van der Waals surface area contributed by atoms with Crippen LogP contribution in [0.25, 0.3) is 11.2 Å². The van der Waals surface area contributed by atoms with Gasteiger partial charge in [0.2, 0.25) is 0 Å². The van der Waals surface area contributed by atoms with E-state index in [2.05, 4.69) is 25.6 Å². The summed E-state index contributed by atoms with van der Waals surface area (Å²) in [7, 11) is 1.67. The Balaban J connectivity index is 1.60. The molecule has 1 aromatic carbocycles. The number of benzene rings is 1. The van der Waals surface area contributed by atoms with Crippen LogP contribution in [0.2, 0.25) is 0 Å². The number of carbonyl (C=O) groups is 1. The van der Waals surface area contributed by atoms with Gasteiger partial charge in [-0.3, -0.25) is 0 Å². The SMILES string of the molecule is COC1=CC=C(Cn2nnc3c(Nc4cccc(C(=O)O)c4)ncnc32)CC1. The van der Waals surface area contributed by atoms with Crippen molar-refractivity contribution in [2.75, 3.05) is 12.4 Å². The van der Waals surface area contributed by atoms with Crippen LogP contribution in [-0.4, -0.2) is 43.1 Å². The first-order chi connectivity index (χ1) is 13.6. The van der Waals surface area contributed by atoms with Gasteiger partial charge in [-0.15, -0.1) is 5.10 Å². The first-order valence-corrected chi connectivity index (χ1v) is 8.71. The Hall–Kier alpha value is -3.75. The Labute approximate surface area is 160 Å². The van der Waals surface area contributed by atoms with Crippen molar-refractivity contribution in [1.29, 1.82) is 0 Å². The van der Waals surface area contributed by atoms with Gasteiger partial charge in [0.1, 0.15) is 6.33 Å². The highest BCUT2D eigenvalue weighted by molar-refractivity contribution is 5.90. The number of anilines is 2. The van der Waals surface area contributed by atoms with Gasteiger partial charge in [-0.25, -0.2) is 19.4 Å². The van der Waals surface area contributed by atoms with Gasteiger partial charge < -0.3 is 15.2 Å². The minimum atomic E-state index is -0.992. The lowest BCUT2D eigenvalue weighted by Gasteiger charge is -2.13. The number of hydrogen-bond donors (Lipinski definition) is 2. The van der Waals surface area contributed by atoms with Crippen LogP contribution in [0.3, 0.4) is 0 Å². The normalized spacial score (nSPS) is 13.8. The van der Waals surface area contributed by atoms with Gasteiger partial charge in [-0.2, -0.15) is 0 Å². The van der Waals surface area contributed by atoms with E-state index in [1.807, 2.05) is 12.2 Å². The highest BCUT2D eigenvalue weighted by Gasteiger charge is 2.15. The molecule has 0 radical (unpaired) electrons. The second-order valence-electron chi connectivity index (χ2n) is 6.31. The standard InChI is InChI=1S/C19H18N6O3/c1-28-15-7-5-12(6-8-15)10-25-18-16(23-24-25)17(20-11-21-18)22-14-4-2-3-13(9-14)19(26)27/h2-5,7,9,11H,6,8,10H2,1H3,(H,26,27)(H,20,21,22). The van der Waals surface area contributed by atoms with Gasteiger partial charge in [-0.05, 0) is 36.3 Å². The topological polar surface area (TPSA) is 115 Å². The number of nitrogens with one attached hydrogen (secondary N) is 1. The second-order valence-corrected chi connectivity index (χ2v) is 6.31. The lowest BCUT2D eigenvalue weighted by molar-refractivity contribution is 0.0697. The Morgan fingerprint density at radius 1 is 1.29 bits per heavy atom. The lowest BCUT2D eigenvalue weighted by atomic mass is 10.0. The van der Waals surface area contributed by atoms with E-state index in [-0.39, 0.29) is 5.56 Å². The van der Waals surface area contributed by atoms with Crippen LogP contribution in [0.1, 0.15) is 23.2 Å². The van der Waals surface area contributed by atoms with E-state index >= 15 is 0 Å². The Kier molecular flexibility index (Phi) is 4.71. The molecule has 9 heteroatoms. The van der Waals surface area contributed by atoms with Gasteiger partial charge >= 0.3 is 5.97 Å². The van der Waals surface area contributed by atoms with Crippen LogP contribution in [0.4, 0.5) is 11.5 Å². The molecular weight excluding hydrogens is 360 g/mol. The molecule has 0 saturated carbocycles. The number of carboxylic acids is 1. The average Bonchev–Trinajstić information content (AvgIpc) is 3.13. The van der Waals surface area contributed by atoms with Crippen molar-refractivity contribution >= 4 is 28.6 Å². The number of ether oxygens (including phenoxy) is 1. The number of aromatic nitrogens is 5. The van der Waals surface area contributed by atoms with Crippen molar-refractivity contribution < 1.29 is 14.6 Å². The zero-order valence-electron chi connectivity index (χ0n) is 15.2. The molecule has 0 amide bonds. The van der Waals surface area contributed by atoms with Crippen LogP contribution in [0, 0.1) is 0 Å². The van der Waals surface area contributed by atoms with E-state index in [1.54, 1.807) is 23.9 Å². The number of aromatic carboxylic acids is 1. The van der Waals surface area contributed by atoms with Crippen molar-refractivity contribution in [2.45, 2.75) is 19.4 Å². The average molecular weight is 378 g/mol. The molecule has 28 heavy (non-hydrogen) atoms. The molecule has 0 spiro atoms. The van der Waals surface area contributed by atoms with E-state index in [0.717, 1.165) is 18.6 Å². The molecule has 2 N–H and O–H groups in total. The third-order valence-electron chi connectivity index (χ3n) is 4.48. The van der Waals surface area contributed by atoms with Crippen LogP contribution in [-0.2, 0) is 11.3 Å². The second kappa shape index (κ2) is 7.47. The zero-order chi connectivity index (χ0) is 19.5. The Morgan fingerprint density at radius 2 is 2.18 bits per heavy atom. The van der Waals surface area contributed by atoms with Crippen LogP contribution in [0.5, 0.6) is 0 Å². The van der Waals surface area contributed by atoms with Gasteiger partial charge in [0.05, 0.1) is 25.0 Å². The zero-order valence-corrected chi connectivity index (χ0v) is 15.2. The van der Waals surface area contributed by atoms with E-state index in [4.69, 9.17) is 9.84 Å². The monoisotopic (exact) mass is 378 g/mol. The molecule has 3 aromatic rings. The largest absolute Gasteiger partial charge is 0.501 e. The summed E-state index contributed by atoms with van der Waals surface area (Å²) in [6, 6.07) is 6.49. The quantitative estimate of drug-likeness (QED) is 0.673. The molecule has 0 unspecified atom stereocenters. The van der Waals surface area contributed by atoms with Gasteiger partial charge in [-0.1, -0.05) is 17.4 Å². The first kappa shape index (κ1) is 17.7. The Morgan fingerprint density at radius 3 is 2.93 bits per heavy atom. The van der Waals surface area contributed by atoms with Crippen molar-refractivity contribution in [3.63, 3.8) is 0 Å². The van der Waals surface area contributed by atoms with E-state index < -0.39 is 5.97 Å². The predicted octanol–water partition coefficient (Wildman–Crippen LogP) is 2.91. The Bertz CT molecular complexity index is 1100. The molecule has 4 rings (SSSR count). The molecule has 2 aromatic heterocycles. The minimum Gasteiger partial charge on any atom is -0.501 e. The summed E-state index contributed by atoms with van der Waals surface area (Å²) in [6.45, 7) is 0.578. The summed E-state index contributed by atoms with van der Waals surface area (Å²) in [5.74, 6) is 0.441. The molecule has 2 heterocycles. The molecule has 0 bridgehead atoms. The summed E-state index contributed by atoms with van der Waals surface area (Å²) >= 11 is 0. The molecule has 1 aliphatic carbocycles. The van der Waals surface area contributed by atoms with Crippen molar-refractivity contribution in [1.82, 2.24) is 25.0 Å². The summed E-state index contributed by atoms with van der Waals surface area (Å²) in [4.78, 5) is 19.7. The summed E-state index contributed by atoms with van der Waals surface area (Å²) in [6.07, 6.45) is 7.18. The lowest BCUT2D eigenvalue weighted by Crippen LogP contribution is -2.07. The summed E-state index contributed by atoms with van der Waals surface area (Å²) < 4.78 is 6.99. The predicted molar refractivity (Wildman–Crippen MR) is 102 cm³/mol. The molecule has 0 saturated heterocycles. The number of methoxy groups -OCH3 is 1. The maximum absolute atomic E-state index is 11.2. The third kappa shape index (κ3) is 3.54. The first-order valence-electron chi connectivity index (χ1n) is 8.71. The number of allylic oxidation sites excluding steroid dienone is 4. The molecular formula is C19H18N6O3. The van der Waals surface area contributed by atoms with Crippen LogP contribution >= 0.6 is 0 Å². The van der Waals surface area contributed by atoms with Crippen molar-refractivity contribution in [3.8, 4) is 0 Å². The van der Waals surface area contributed by atoms with E-state index in [0.29, 0.717) is 29.2 Å². The number of nitrogens with zero attached hydrogens (tertiary/aromatic N) is 5. The summed E-state index contributed by atoms with van der Waals surface area (Å²) in [5, 5.41) is 20.7. The molecule has 1 aliphatic rings. The van der Waals surface area contributed by atoms with Crippen LogP contribution < -0.4 is 5.32 Å². The minimum absolute atomic E-state index is 0.187. The molecule has 0 atom stereocenters. The smallest absolute Gasteiger partial charge is 0.335 e. The number of rotatable bonds is 6. The fourth-order valence-corrected chi connectivity index (χ4v) is 3.01. The molecule has 142 valence electrons. The van der Waals surface area contributed by atoms with E-state index in [1.165, 1.54) is 24.0 Å². The highest BCUT2D eigenvalue weighted by Crippen LogP contribution is 2.24. The summed E-state index contributed by atoms with van der Waals surface area (Å²) in [5.41, 5.74) is 3.12. The van der Waals surface area contributed by atoms with E-state index in [9.17, 15) is 4.79 Å². The van der Waals surface area contributed by atoms with Crippen LogP contribution in [0.15, 0.2) is 54.1 Å². The highest BCUT2D eigenvalue weighted by atomic mass is 16.5. The number of carboxylic acid groups (broad SMARTS) is 1. The van der Waals surface area contributed by atoms with Crippen molar-refractivity contribution in [3.05, 3.63) is 59.6 Å².